The van der Waals surface area contributed by atoms with E-state index in [-0.39, 0.29) is 18.3 Å². The average Bonchev–Trinajstić information content (AvgIpc) is 3.34. The normalized spacial score (nSPS) is 11.1. The molecule has 160 valence electrons. The molecule has 30 heavy (non-hydrogen) atoms. The number of ether oxygens (including phenoxy) is 1. The summed E-state index contributed by atoms with van der Waals surface area (Å²) in [6, 6.07) is 10.3. The minimum absolute atomic E-state index is 0.0568. The van der Waals surface area contributed by atoms with Gasteiger partial charge in [0.05, 0.1) is 5.75 Å². The van der Waals surface area contributed by atoms with Crippen LogP contribution < -0.4 is 15.9 Å². The molecule has 0 saturated carbocycles. The molecule has 2 aromatic heterocycles. The molecule has 0 aliphatic carbocycles. The third-order valence-electron chi connectivity index (χ3n) is 4.49. The number of aryl methyl sites for hydroxylation is 1. The van der Waals surface area contributed by atoms with Crippen molar-refractivity contribution in [3.8, 4) is 5.75 Å². The molecule has 9 heteroatoms. The van der Waals surface area contributed by atoms with Gasteiger partial charge in [-0.15, -0.1) is 21.5 Å². The van der Waals surface area contributed by atoms with Gasteiger partial charge in [0.1, 0.15) is 12.4 Å². The summed E-state index contributed by atoms with van der Waals surface area (Å²) in [6.45, 7) is 7.11. The number of amides is 1. The molecule has 0 bridgehead atoms. The molecule has 0 atom stereocenters. The van der Waals surface area contributed by atoms with Gasteiger partial charge in [0, 0.05) is 11.4 Å². The number of hydrogen-bond donors (Lipinski definition) is 2. The molecule has 0 saturated heterocycles. The standard InChI is InChI=1S/C21H27N5O2S2/c1-14(2)17-7-6-15(3)11-18(17)28-12-19-24-25-21(26(19)22)30-13-20(27)23-9-8-16-5-4-10-29-16/h4-7,10-11,14H,8-9,12-13,22H2,1-3H3,(H,23,27). The fraction of sp³-hybridized carbons (Fsp3) is 0.381. The number of benzene rings is 1. The average molecular weight is 446 g/mol. The summed E-state index contributed by atoms with van der Waals surface area (Å²) in [5, 5.41) is 13.6. The van der Waals surface area contributed by atoms with Crippen molar-refractivity contribution in [1.29, 1.82) is 0 Å². The number of hydrogen-bond acceptors (Lipinski definition) is 7. The van der Waals surface area contributed by atoms with Crippen LogP contribution in [0.2, 0.25) is 0 Å². The smallest absolute Gasteiger partial charge is 0.230 e. The van der Waals surface area contributed by atoms with Crippen LogP contribution in [0.1, 0.15) is 41.6 Å². The highest BCUT2D eigenvalue weighted by molar-refractivity contribution is 7.99. The molecule has 0 unspecified atom stereocenters. The number of nitrogens with two attached hydrogens (primary N) is 1. The summed E-state index contributed by atoms with van der Waals surface area (Å²) in [5.41, 5.74) is 2.27. The minimum atomic E-state index is -0.0568. The van der Waals surface area contributed by atoms with Crippen molar-refractivity contribution in [2.75, 3.05) is 18.1 Å². The molecule has 0 spiro atoms. The molecule has 0 aliphatic rings. The Morgan fingerprint density at radius 3 is 2.90 bits per heavy atom. The lowest BCUT2D eigenvalue weighted by Gasteiger charge is -2.14. The van der Waals surface area contributed by atoms with Gasteiger partial charge in [-0.25, -0.2) is 4.68 Å². The third kappa shape index (κ3) is 5.99. The summed E-state index contributed by atoms with van der Waals surface area (Å²) in [4.78, 5) is 13.3. The number of rotatable bonds is 10. The van der Waals surface area contributed by atoms with Crippen molar-refractivity contribution in [3.63, 3.8) is 0 Å². The Balaban J connectivity index is 1.50. The van der Waals surface area contributed by atoms with Crippen LogP contribution in [0.25, 0.3) is 0 Å². The van der Waals surface area contributed by atoms with E-state index in [4.69, 9.17) is 10.6 Å². The topological polar surface area (TPSA) is 95.1 Å². The molecule has 7 nitrogen and oxygen atoms in total. The SMILES string of the molecule is Cc1ccc(C(C)C)c(OCc2nnc(SCC(=O)NCCc3cccs3)n2N)c1. The van der Waals surface area contributed by atoms with Crippen LogP contribution in [0.5, 0.6) is 5.75 Å². The van der Waals surface area contributed by atoms with E-state index in [1.54, 1.807) is 11.3 Å². The predicted octanol–water partition coefficient (Wildman–Crippen LogP) is 3.52. The number of nitrogens with one attached hydrogen (secondary N) is 1. The van der Waals surface area contributed by atoms with E-state index < -0.39 is 0 Å². The maximum absolute atomic E-state index is 12.1. The molecule has 3 rings (SSSR count). The van der Waals surface area contributed by atoms with Gasteiger partial charge in [-0.2, -0.15) is 0 Å². The van der Waals surface area contributed by atoms with E-state index in [1.807, 2.05) is 24.4 Å². The van der Waals surface area contributed by atoms with Crippen molar-refractivity contribution in [2.45, 2.75) is 44.9 Å². The summed E-state index contributed by atoms with van der Waals surface area (Å²) >= 11 is 2.94. The number of nitrogen functional groups attached to an aromatic ring is 1. The van der Waals surface area contributed by atoms with Gasteiger partial charge >= 0.3 is 0 Å². The lowest BCUT2D eigenvalue weighted by Crippen LogP contribution is -2.27. The maximum Gasteiger partial charge on any atom is 0.230 e. The second-order valence-corrected chi connectivity index (χ2v) is 9.20. The molecule has 2 heterocycles. The van der Waals surface area contributed by atoms with E-state index in [9.17, 15) is 4.79 Å². The van der Waals surface area contributed by atoms with Crippen molar-refractivity contribution in [3.05, 3.63) is 57.5 Å². The molecule has 0 radical (unpaired) electrons. The van der Waals surface area contributed by atoms with E-state index in [0.717, 1.165) is 23.3 Å². The van der Waals surface area contributed by atoms with Crippen molar-refractivity contribution < 1.29 is 9.53 Å². The van der Waals surface area contributed by atoms with Gasteiger partial charge < -0.3 is 15.9 Å². The lowest BCUT2D eigenvalue weighted by atomic mass is 10.0. The van der Waals surface area contributed by atoms with Crippen LogP contribution in [-0.4, -0.2) is 33.1 Å². The van der Waals surface area contributed by atoms with Gasteiger partial charge in [-0.3, -0.25) is 4.79 Å². The van der Waals surface area contributed by atoms with Crippen LogP contribution in [0.3, 0.4) is 0 Å². The first-order chi connectivity index (χ1) is 14.4. The number of thiophene rings is 1. The lowest BCUT2D eigenvalue weighted by molar-refractivity contribution is -0.118. The van der Waals surface area contributed by atoms with Gasteiger partial charge in [-0.1, -0.05) is 43.8 Å². The zero-order valence-corrected chi connectivity index (χ0v) is 19.1. The van der Waals surface area contributed by atoms with Crippen LogP contribution in [0, 0.1) is 6.92 Å². The number of thioether (sulfide) groups is 1. The first-order valence-electron chi connectivity index (χ1n) is 9.78. The van der Waals surface area contributed by atoms with Crippen LogP contribution in [-0.2, 0) is 17.8 Å². The van der Waals surface area contributed by atoms with Crippen LogP contribution in [0.4, 0.5) is 0 Å². The highest BCUT2D eigenvalue weighted by atomic mass is 32.2. The van der Waals surface area contributed by atoms with E-state index in [2.05, 4.69) is 47.6 Å². The van der Waals surface area contributed by atoms with E-state index in [1.165, 1.54) is 21.3 Å². The quantitative estimate of drug-likeness (QED) is 0.366. The molecule has 1 aromatic carbocycles. The molecule has 0 fully saturated rings. The van der Waals surface area contributed by atoms with Crippen LogP contribution in [0.15, 0.2) is 40.9 Å². The van der Waals surface area contributed by atoms with Crippen molar-refractivity contribution >= 4 is 29.0 Å². The fourth-order valence-electron chi connectivity index (χ4n) is 2.85. The Kier molecular flexibility index (Phi) is 7.75. The molecule has 3 N–H and O–H groups in total. The van der Waals surface area contributed by atoms with Crippen LogP contribution >= 0.6 is 23.1 Å². The second-order valence-electron chi connectivity index (χ2n) is 7.22. The zero-order chi connectivity index (χ0) is 21.5. The van der Waals surface area contributed by atoms with Gasteiger partial charge in [0.15, 0.2) is 5.82 Å². The Morgan fingerprint density at radius 1 is 1.33 bits per heavy atom. The zero-order valence-electron chi connectivity index (χ0n) is 17.4. The third-order valence-corrected chi connectivity index (χ3v) is 6.37. The first kappa shape index (κ1) is 22.2. The van der Waals surface area contributed by atoms with E-state index in [0.29, 0.717) is 23.4 Å². The monoisotopic (exact) mass is 445 g/mol. The summed E-state index contributed by atoms with van der Waals surface area (Å²) < 4.78 is 7.37. The highest BCUT2D eigenvalue weighted by Gasteiger charge is 2.14. The summed E-state index contributed by atoms with van der Waals surface area (Å²) in [5.74, 6) is 7.96. The predicted molar refractivity (Wildman–Crippen MR) is 122 cm³/mol. The number of aromatic nitrogens is 3. The summed E-state index contributed by atoms with van der Waals surface area (Å²) in [7, 11) is 0. The Labute approximate surface area is 185 Å². The van der Waals surface area contributed by atoms with E-state index >= 15 is 0 Å². The first-order valence-corrected chi connectivity index (χ1v) is 11.6. The molecule has 3 aromatic rings. The Morgan fingerprint density at radius 2 is 2.17 bits per heavy atom. The Bertz CT molecular complexity index is 970. The Hall–Kier alpha value is -2.52. The molecular weight excluding hydrogens is 418 g/mol. The van der Waals surface area contributed by atoms with Gasteiger partial charge in [0.2, 0.25) is 11.1 Å². The second kappa shape index (κ2) is 10.5. The fourth-order valence-corrected chi connectivity index (χ4v) is 4.27. The number of nitrogens with zero attached hydrogens (tertiary/aromatic N) is 3. The molecular formula is C21H27N5O2S2. The van der Waals surface area contributed by atoms with Crippen molar-refractivity contribution in [1.82, 2.24) is 20.2 Å². The number of carbonyl (C=O) groups is 1. The molecule has 0 aliphatic heterocycles. The van der Waals surface area contributed by atoms with Gasteiger partial charge in [-0.05, 0) is 47.9 Å². The largest absolute Gasteiger partial charge is 0.485 e. The molecule has 1 amide bonds. The minimum Gasteiger partial charge on any atom is -0.485 e. The summed E-state index contributed by atoms with van der Waals surface area (Å²) in [6.07, 6.45) is 0.833. The maximum atomic E-state index is 12.1. The van der Waals surface area contributed by atoms with Crippen molar-refractivity contribution in [2.24, 2.45) is 0 Å². The highest BCUT2D eigenvalue weighted by Crippen LogP contribution is 2.28. The number of carbonyl (C=O) groups excluding carboxylic acids is 1. The van der Waals surface area contributed by atoms with Gasteiger partial charge in [0.25, 0.3) is 0 Å².